The summed E-state index contributed by atoms with van der Waals surface area (Å²) < 4.78 is 9.38. The normalized spacial score (nSPS) is 10.0. The number of ether oxygens (including phenoxy) is 2. The van der Waals surface area contributed by atoms with Crippen LogP contribution in [0.5, 0.6) is 0 Å². The molecule has 0 saturated heterocycles. The van der Waals surface area contributed by atoms with E-state index in [1.807, 2.05) is 0 Å². The molecule has 0 aliphatic rings. The third-order valence-corrected chi connectivity index (χ3v) is 3.74. The first-order chi connectivity index (χ1) is 13.0. The van der Waals surface area contributed by atoms with Crippen molar-refractivity contribution < 1.29 is 23.9 Å². The number of esters is 2. The number of nitrogens with one attached hydrogen (secondary N) is 2. The van der Waals surface area contributed by atoms with Crippen molar-refractivity contribution in [3.8, 4) is 0 Å². The lowest BCUT2D eigenvalue weighted by atomic mass is 10.1. The zero-order chi connectivity index (χ0) is 19.8. The summed E-state index contributed by atoms with van der Waals surface area (Å²) in [6, 6.07) is 11.4. The van der Waals surface area contributed by atoms with Crippen LogP contribution in [-0.4, -0.2) is 38.6 Å². The summed E-state index contributed by atoms with van der Waals surface area (Å²) in [6.07, 6.45) is 0.146. The summed E-state index contributed by atoms with van der Waals surface area (Å²) >= 11 is 0. The fourth-order valence-corrected chi connectivity index (χ4v) is 2.38. The zero-order valence-corrected chi connectivity index (χ0v) is 15.1. The van der Waals surface area contributed by atoms with Crippen molar-refractivity contribution in [3.05, 3.63) is 53.6 Å². The Bertz CT molecular complexity index is 851. The minimum absolute atomic E-state index is 0.146. The molecule has 2 rings (SSSR count). The quantitative estimate of drug-likeness (QED) is 0.504. The van der Waals surface area contributed by atoms with E-state index in [1.54, 1.807) is 30.3 Å². The van der Waals surface area contributed by atoms with Gasteiger partial charge in [-0.2, -0.15) is 0 Å². The minimum Gasteiger partial charge on any atom is -0.465 e. The smallest absolute Gasteiger partial charge is 0.340 e. The number of rotatable bonds is 7. The Kier molecular flexibility index (Phi) is 6.76. The molecule has 4 N–H and O–H groups in total. The summed E-state index contributed by atoms with van der Waals surface area (Å²) in [4.78, 5) is 35.5. The van der Waals surface area contributed by atoms with Gasteiger partial charge in [-0.3, -0.25) is 4.79 Å². The van der Waals surface area contributed by atoms with Crippen molar-refractivity contribution in [1.29, 1.82) is 0 Å². The molecule has 8 nitrogen and oxygen atoms in total. The monoisotopic (exact) mass is 371 g/mol. The molecule has 142 valence electrons. The van der Waals surface area contributed by atoms with E-state index in [0.717, 1.165) is 0 Å². The molecule has 2 aromatic carbocycles. The summed E-state index contributed by atoms with van der Waals surface area (Å²) in [6.45, 7) is 0.304. The van der Waals surface area contributed by atoms with E-state index in [-0.39, 0.29) is 23.6 Å². The largest absolute Gasteiger partial charge is 0.465 e. The number of benzene rings is 2. The number of nitrogens with two attached hydrogens (primary N) is 1. The Balaban J connectivity index is 1.94. The highest BCUT2D eigenvalue weighted by molar-refractivity contribution is 5.98. The third kappa shape index (κ3) is 5.21. The van der Waals surface area contributed by atoms with Gasteiger partial charge in [-0.25, -0.2) is 9.59 Å². The van der Waals surface area contributed by atoms with Gasteiger partial charge in [-0.1, -0.05) is 12.1 Å². The molecule has 0 aromatic heterocycles. The van der Waals surface area contributed by atoms with Gasteiger partial charge in [0.2, 0.25) is 5.91 Å². The van der Waals surface area contributed by atoms with Gasteiger partial charge in [0.1, 0.15) is 0 Å². The van der Waals surface area contributed by atoms with Gasteiger partial charge in [-0.15, -0.1) is 0 Å². The summed E-state index contributed by atoms with van der Waals surface area (Å²) in [7, 11) is 2.56. The Morgan fingerprint density at radius 2 is 1.63 bits per heavy atom. The maximum atomic E-state index is 12.1. The fourth-order valence-electron chi connectivity index (χ4n) is 2.38. The average Bonchev–Trinajstić information content (AvgIpc) is 2.68. The molecule has 0 radical (unpaired) electrons. The van der Waals surface area contributed by atoms with E-state index in [1.165, 1.54) is 26.4 Å². The van der Waals surface area contributed by atoms with Crippen LogP contribution in [0.2, 0.25) is 0 Å². The van der Waals surface area contributed by atoms with Crippen LogP contribution < -0.4 is 16.4 Å². The topological polar surface area (TPSA) is 120 Å². The van der Waals surface area contributed by atoms with E-state index >= 15 is 0 Å². The molecule has 0 saturated carbocycles. The van der Waals surface area contributed by atoms with E-state index in [2.05, 4.69) is 15.4 Å². The van der Waals surface area contributed by atoms with Gasteiger partial charge >= 0.3 is 11.9 Å². The number of para-hydroxylation sites is 1. The number of carbonyl (C=O) groups excluding carboxylic acids is 3. The molecule has 0 spiro atoms. The second-order valence-corrected chi connectivity index (χ2v) is 5.56. The number of carbonyl (C=O) groups is 3. The summed E-state index contributed by atoms with van der Waals surface area (Å²) in [5, 5.41) is 5.73. The Morgan fingerprint density at radius 1 is 0.963 bits per heavy atom. The van der Waals surface area contributed by atoms with Crippen molar-refractivity contribution in [3.63, 3.8) is 0 Å². The lowest BCUT2D eigenvalue weighted by Crippen LogP contribution is -2.18. The summed E-state index contributed by atoms with van der Waals surface area (Å²) in [5.41, 5.74) is 7.58. The van der Waals surface area contributed by atoms with Gasteiger partial charge in [0.25, 0.3) is 0 Å². The predicted octanol–water partition coefficient (Wildman–Crippen LogP) is 2.28. The predicted molar refractivity (Wildman–Crippen MR) is 102 cm³/mol. The Hall–Kier alpha value is -3.55. The highest BCUT2D eigenvalue weighted by atomic mass is 16.5. The van der Waals surface area contributed by atoms with Crippen LogP contribution >= 0.6 is 0 Å². The first-order valence-corrected chi connectivity index (χ1v) is 8.15. The van der Waals surface area contributed by atoms with E-state index < -0.39 is 11.9 Å². The number of methoxy groups -OCH3 is 2. The van der Waals surface area contributed by atoms with Gasteiger partial charge in [-0.05, 0) is 30.3 Å². The second-order valence-electron chi connectivity index (χ2n) is 5.56. The van der Waals surface area contributed by atoms with E-state index in [0.29, 0.717) is 23.5 Å². The molecule has 0 atom stereocenters. The average molecular weight is 371 g/mol. The van der Waals surface area contributed by atoms with Gasteiger partial charge in [0.15, 0.2) is 0 Å². The van der Waals surface area contributed by atoms with Crippen molar-refractivity contribution in [2.45, 2.75) is 6.42 Å². The zero-order valence-electron chi connectivity index (χ0n) is 15.1. The van der Waals surface area contributed by atoms with Crippen LogP contribution in [0.4, 0.5) is 17.1 Å². The van der Waals surface area contributed by atoms with Crippen LogP contribution in [0.25, 0.3) is 0 Å². The first-order valence-electron chi connectivity index (χ1n) is 8.15. The summed E-state index contributed by atoms with van der Waals surface area (Å²) in [5.74, 6) is -1.30. The second kappa shape index (κ2) is 9.23. The molecule has 0 aliphatic heterocycles. The minimum atomic E-state index is -0.579. The molecule has 0 aliphatic carbocycles. The molecule has 27 heavy (non-hydrogen) atoms. The molecular weight excluding hydrogens is 350 g/mol. The van der Waals surface area contributed by atoms with E-state index in [9.17, 15) is 14.4 Å². The van der Waals surface area contributed by atoms with Crippen molar-refractivity contribution in [2.75, 3.05) is 37.1 Å². The standard InChI is InChI=1S/C19H21N3O5/c1-26-18(24)13-5-3-4-6-16(13)21-10-9-17(23)22-12-7-8-15(20)14(11-12)19(25)27-2/h3-8,11,21H,9-10,20H2,1-2H3,(H,22,23). The lowest BCUT2D eigenvalue weighted by molar-refractivity contribution is -0.115. The fraction of sp³-hybridized carbons (Fsp3) is 0.211. The Labute approximate surface area is 156 Å². The SMILES string of the molecule is COC(=O)c1cc(NC(=O)CCNc2ccccc2C(=O)OC)ccc1N. The molecule has 0 fully saturated rings. The van der Waals surface area contributed by atoms with Crippen LogP contribution in [-0.2, 0) is 14.3 Å². The molecule has 2 aromatic rings. The van der Waals surface area contributed by atoms with Crippen LogP contribution in [0, 0.1) is 0 Å². The molecule has 1 amide bonds. The number of anilines is 3. The Morgan fingerprint density at radius 3 is 2.33 bits per heavy atom. The van der Waals surface area contributed by atoms with Crippen LogP contribution in [0.3, 0.4) is 0 Å². The molecule has 0 heterocycles. The highest BCUT2D eigenvalue weighted by Crippen LogP contribution is 2.19. The number of amides is 1. The lowest BCUT2D eigenvalue weighted by Gasteiger charge is -2.11. The highest BCUT2D eigenvalue weighted by Gasteiger charge is 2.13. The van der Waals surface area contributed by atoms with Crippen molar-refractivity contribution in [1.82, 2.24) is 0 Å². The maximum absolute atomic E-state index is 12.1. The number of nitrogen functional groups attached to an aromatic ring is 1. The van der Waals surface area contributed by atoms with Crippen molar-refractivity contribution in [2.24, 2.45) is 0 Å². The van der Waals surface area contributed by atoms with Crippen molar-refractivity contribution >= 4 is 34.9 Å². The van der Waals surface area contributed by atoms with Gasteiger partial charge in [0, 0.05) is 30.0 Å². The van der Waals surface area contributed by atoms with Crippen LogP contribution in [0.15, 0.2) is 42.5 Å². The third-order valence-electron chi connectivity index (χ3n) is 3.74. The molecular formula is C19H21N3O5. The van der Waals surface area contributed by atoms with Crippen LogP contribution in [0.1, 0.15) is 27.1 Å². The van der Waals surface area contributed by atoms with E-state index in [4.69, 9.17) is 10.5 Å². The first kappa shape index (κ1) is 19.8. The molecule has 0 bridgehead atoms. The molecule has 0 unspecified atom stereocenters. The molecule has 8 heteroatoms. The van der Waals surface area contributed by atoms with Gasteiger partial charge in [0.05, 0.1) is 25.3 Å². The number of hydrogen-bond acceptors (Lipinski definition) is 7. The maximum Gasteiger partial charge on any atom is 0.340 e. The van der Waals surface area contributed by atoms with Gasteiger partial charge < -0.3 is 25.8 Å². The number of hydrogen-bond donors (Lipinski definition) is 3.